The number of aryl methyl sites for hydroxylation is 2. The molecule has 2 atom stereocenters. The maximum Gasteiger partial charge on any atom is 0.408 e. The number of benzene rings is 3. The highest BCUT2D eigenvalue weighted by Crippen LogP contribution is 2.35. The summed E-state index contributed by atoms with van der Waals surface area (Å²) in [5.41, 5.74) is 1.89. The van der Waals surface area contributed by atoms with E-state index in [9.17, 15) is 14.4 Å². The average Bonchev–Trinajstić information content (AvgIpc) is 2.90. The lowest BCUT2D eigenvalue weighted by molar-refractivity contribution is -0.148. The van der Waals surface area contributed by atoms with Crippen molar-refractivity contribution in [2.45, 2.75) is 105 Å². The van der Waals surface area contributed by atoms with Crippen LogP contribution in [0.1, 0.15) is 91.0 Å². The van der Waals surface area contributed by atoms with Gasteiger partial charge >= 0.3 is 6.09 Å². The minimum Gasteiger partial charge on any atom is -0.444 e. The molecule has 0 fully saturated rings. The van der Waals surface area contributed by atoms with E-state index >= 15 is 0 Å². The van der Waals surface area contributed by atoms with Gasteiger partial charge < -0.3 is 20.3 Å². The number of nitrogens with zero attached hydrogens (tertiary/aromatic N) is 1. The molecule has 0 aliphatic rings. The van der Waals surface area contributed by atoms with E-state index in [0.29, 0.717) is 18.5 Å². The number of fused-ring (bicyclic) bond motifs is 1. The molecule has 0 aliphatic carbocycles. The van der Waals surface area contributed by atoms with E-state index in [-0.39, 0.29) is 17.7 Å². The van der Waals surface area contributed by atoms with Gasteiger partial charge in [-0.15, -0.1) is 0 Å². The number of amides is 3. The largest absolute Gasteiger partial charge is 0.444 e. The Kier molecular flexibility index (Phi) is 10.7. The number of alkyl carbamates (subject to hydrolysis) is 1. The van der Waals surface area contributed by atoms with Crippen LogP contribution >= 0.6 is 0 Å². The van der Waals surface area contributed by atoms with Crippen LogP contribution < -0.4 is 10.6 Å². The summed E-state index contributed by atoms with van der Waals surface area (Å²) in [6.07, 6.45) is 0.314. The van der Waals surface area contributed by atoms with Crippen molar-refractivity contribution < 1.29 is 19.1 Å². The molecule has 0 radical (unpaired) electrons. The van der Waals surface area contributed by atoms with Crippen LogP contribution in [0.4, 0.5) is 10.5 Å². The standard InChI is InChI=1S/C36H49N3O4/c1-11-36(9,10)39(33(41)30(20-23(2)3)38-34(42)43-35(6,7)8)31(29-19-16-24(4)21-25(29)5)32(40)37-28-18-17-26-14-12-13-15-27(26)22-28/h12-19,21-23,30-31H,11,20H2,1-10H3,(H,37,40)(H,38,42). The highest BCUT2D eigenvalue weighted by molar-refractivity contribution is 6.00. The van der Waals surface area contributed by atoms with E-state index in [4.69, 9.17) is 4.74 Å². The van der Waals surface area contributed by atoms with Crippen LogP contribution in [0.5, 0.6) is 0 Å². The molecule has 0 heterocycles. The molecular formula is C36H49N3O4. The molecule has 7 nitrogen and oxygen atoms in total. The molecule has 2 N–H and O–H groups in total. The van der Waals surface area contributed by atoms with Gasteiger partial charge in [0.2, 0.25) is 5.91 Å². The quantitative estimate of drug-likeness (QED) is 0.251. The summed E-state index contributed by atoms with van der Waals surface area (Å²) in [5, 5.41) is 8.02. The predicted octanol–water partition coefficient (Wildman–Crippen LogP) is 8.09. The van der Waals surface area contributed by atoms with Crippen LogP contribution in [-0.2, 0) is 14.3 Å². The van der Waals surface area contributed by atoms with Crippen molar-refractivity contribution in [3.63, 3.8) is 0 Å². The highest BCUT2D eigenvalue weighted by atomic mass is 16.6. The topological polar surface area (TPSA) is 87.7 Å². The first kappa shape index (κ1) is 33.6. The Hall–Kier alpha value is -3.87. The molecule has 0 saturated carbocycles. The van der Waals surface area contributed by atoms with Crippen molar-refractivity contribution in [3.05, 3.63) is 77.4 Å². The number of anilines is 1. The van der Waals surface area contributed by atoms with Gasteiger partial charge in [-0.05, 0) is 101 Å². The van der Waals surface area contributed by atoms with Crippen molar-refractivity contribution in [2.24, 2.45) is 5.92 Å². The fourth-order valence-electron chi connectivity index (χ4n) is 5.26. The molecule has 232 valence electrons. The zero-order valence-corrected chi connectivity index (χ0v) is 27.5. The smallest absolute Gasteiger partial charge is 0.408 e. The van der Waals surface area contributed by atoms with Gasteiger partial charge in [-0.25, -0.2) is 4.79 Å². The Labute approximate surface area is 257 Å². The third-order valence-corrected chi connectivity index (χ3v) is 7.69. The zero-order valence-electron chi connectivity index (χ0n) is 27.5. The summed E-state index contributed by atoms with van der Waals surface area (Å²) in [7, 11) is 0. The molecule has 43 heavy (non-hydrogen) atoms. The number of ether oxygens (including phenoxy) is 1. The van der Waals surface area contributed by atoms with E-state index in [0.717, 1.165) is 27.5 Å². The Balaban J connectivity index is 2.14. The van der Waals surface area contributed by atoms with Gasteiger partial charge in [0, 0.05) is 11.2 Å². The maximum atomic E-state index is 14.7. The van der Waals surface area contributed by atoms with E-state index in [1.807, 2.05) is 109 Å². The predicted molar refractivity (Wildman–Crippen MR) is 175 cm³/mol. The van der Waals surface area contributed by atoms with Gasteiger partial charge in [0.1, 0.15) is 17.7 Å². The number of rotatable bonds is 10. The number of hydrogen-bond donors (Lipinski definition) is 2. The van der Waals surface area contributed by atoms with Gasteiger partial charge in [-0.1, -0.05) is 74.9 Å². The monoisotopic (exact) mass is 587 g/mol. The lowest BCUT2D eigenvalue weighted by Gasteiger charge is -2.45. The molecule has 0 saturated heterocycles. The second kappa shape index (κ2) is 13.6. The summed E-state index contributed by atoms with van der Waals surface area (Å²) in [4.78, 5) is 43.7. The Morgan fingerprint density at radius 2 is 1.53 bits per heavy atom. The van der Waals surface area contributed by atoms with Crippen molar-refractivity contribution >= 4 is 34.4 Å². The summed E-state index contributed by atoms with van der Waals surface area (Å²) in [6.45, 7) is 19.2. The van der Waals surface area contributed by atoms with E-state index in [2.05, 4.69) is 10.6 Å². The maximum absolute atomic E-state index is 14.7. The Morgan fingerprint density at radius 1 is 0.884 bits per heavy atom. The van der Waals surface area contributed by atoms with Crippen LogP contribution in [0.3, 0.4) is 0 Å². The fourth-order valence-corrected chi connectivity index (χ4v) is 5.26. The van der Waals surface area contributed by atoms with Crippen molar-refractivity contribution in [3.8, 4) is 0 Å². The van der Waals surface area contributed by atoms with Crippen LogP contribution in [0, 0.1) is 19.8 Å². The number of carbonyl (C=O) groups excluding carboxylic acids is 3. The zero-order chi connectivity index (χ0) is 32.1. The van der Waals surface area contributed by atoms with Crippen LogP contribution in [0.25, 0.3) is 10.8 Å². The third-order valence-electron chi connectivity index (χ3n) is 7.69. The highest BCUT2D eigenvalue weighted by Gasteiger charge is 2.43. The first-order chi connectivity index (χ1) is 20.0. The Bertz CT molecular complexity index is 1450. The van der Waals surface area contributed by atoms with Crippen LogP contribution in [0.15, 0.2) is 60.7 Å². The third kappa shape index (κ3) is 8.82. The first-order valence-corrected chi connectivity index (χ1v) is 15.2. The van der Waals surface area contributed by atoms with Crippen LogP contribution in [-0.4, -0.2) is 40.0 Å². The number of hydrogen-bond acceptors (Lipinski definition) is 4. The number of nitrogens with one attached hydrogen (secondary N) is 2. The normalized spacial score (nSPS) is 13.4. The van der Waals surface area contributed by atoms with Gasteiger partial charge in [0.05, 0.1) is 0 Å². The van der Waals surface area contributed by atoms with Crippen molar-refractivity contribution in [2.75, 3.05) is 5.32 Å². The van der Waals surface area contributed by atoms with Gasteiger partial charge in [0.15, 0.2) is 0 Å². The SMILES string of the molecule is CCC(C)(C)N(C(=O)C(CC(C)C)NC(=O)OC(C)(C)C)C(C(=O)Nc1ccc2ccccc2c1)c1ccc(C)cc1C. The molecule has 7 heteroatoms. The molecule has 2 unspecified atom stereocenters. The second-order valence-electron chi connectivity index (χ2n) is 13.5. The van der Waals surface area contributed by atoms with Crippen molar-refractivity contribution in [1.82, 2.24) is 10.2 Å². The molecule has 0 aliphatic heterocycles. The molecule has 0 aromatic heterocycles. The van der Waals surface area contributed by atoms with Gasteiger partial charge in [-0.3, -0.25) is 9.59 Å². The summed E-state index contributed by atoms with van der Waals surface area (Å²) < 4.78 is 5.53. The summed E-state index contributed by atoms with van der Waals surface area (Å²) in [6, 6.07) is 17.8. The molecule has 0 bridgehead atoms. The van der Waals surface area contributed by atoms with Crippen molar-refractivity contribution in [1.29, 1.82) is 0 Å². The molecule has 3 rings (SSSR count). The Morgan fingerprint density at radius 3 is 2.12 bits per heavy atom. The average molecular weight is 588 g/mol. The minimum atomic E-state index is -0.954. The lowest BCUT2D eigenvalue weighted by atomic mass is 9.89. The molecule has 0 spiro atoms. The molecular weight excluding hydrogens is 538 g/mol. The van der Waals surface area contributed by atoms with Gasteiger partial charge in [-0.2, -0.15) is 0 Å². The molecule has 3 aromatic carbocycles. The lowest BCUT2D eigenvalue weighted by Crippen LogP contribution is -2.59. The second-order valence-corrected chi connectivity index (χ2v) is 13.5. The molecule has 3 aromatic rings. The minimum absolute atomic E-state index is 0.0986. The first-order valence-electron chi connectivity index (χ1n) is 15.2. The van der Waals surface area contributed by atoms with E-state index < -0.39 is 29.3 Å². The summed E-state index contributed by atoms with van der Waals surface area (Å²) in [5.74, 6) is -0.552. The summed E-state index contributed by atoms with van der Waals surface area (Å²) >= 11 is 0. The van der Waals surface area contributed by atoms with Crippen LogP contribution in [0.2, 0.25) is 0 Å². The van der Waals surface area contributed by atoms with Gasteiger partial charge in [0.25, 0.3) is 5.91 Å². The number of carbonyl (C=O) groups is 3. The fraction of sp³-hybridized carbons (Fsp3) is 0.472. The van der Waals surface area contributed by atoms with E-state index in [1.54, 1.807) is 25.7 Å². The van der Waals surface area contributed by atoms with E-state index in [1.165, 1.54) is 0 Å². The molecule has 3 amide bonds.